The molecule has 0 fully saturated rings. The first-order valence-electron chi connectivity index (χ1n) is 6.50. The molecular weight excluding hydrogens is 258 g/mol. The number of amides is 1. The number of rotatable bonds is 4. The van der Waals surface area contributed by atoms with Gasteiger partial charge in [0.1, 0.15) is 0 Å². The van der Waals surface area contributed by atoms with Crippen LogP contribution in [0.25, 0.3) is 10.9 Å². The molecule has 1 amide bonds. The number of benzene rings is 1. The second-order valence-corrected chi connectivity index (χ2v) is 4.59. The van der Waals surface area contributed by atoms with Gasteiger partial charge in [-0.1, -0.05) is 12.1 Å². The van der Waals surface area contributed by atoms with Gasteiger partial charge in [-0.05, 0) is 19.1 Å². The molecule has 0 aliphatic rings. The van der Waals surface area contributed by atoms with Gasteiger partial charge in [-0.25, -0.2) is 4.79 Å². The Bertz CT molecular complexity index is 745. The molecule has 1 heterocycles. The van der Waals surface area contributed by atoms with E-state index >= 15 is 0 Å². The van der Waals surface area contributed by atoms with E-state index in [4.69, 9.17) is 0 Å². The fourth-order valence-corrected chi connectivity index (χ4v) is 2.04. The minimum Gasteiger partial charge on any atom is -0.346 e. The molecule has 0 saturated heterocycles. The van der Waals surface area contributed by atoms with E-state index < -0.39 is 11.2 Å². The summed E-state index contributed by atoms with van der Waals surface area (Å²) in [5.74, 6) is -0.0327. The van der Waals surface area contributed by atoms with Crippen molar-refractivity contribution < 1.29 is 4.79 Å². The zero-order valence-corrected chi connectivity index (χ0v) is 11.5. The van der Waals surface area contributed by atoms with Gasteiger partial charge in [0.25, 0.3) is 5.56 Å². The predicted molar refractivity (Wildman–Crippen MR) is 76.8 cm³/mol. The van der Waals surface area contributed by atoms with Gasteiger partial charge in [-0.2, -0.15) is 0 Å². The van der Waals surface area contributed by atoms with Crippen LogP contribution in [0.4, 0.5) is 0 Å². The lowest BCUT2D eigenvalue weighted by atomic mass is 10.2. The summed E-state index contributed by atoms with van der Waals surface area (Å²) in [6, 6.07) is 6.87. The second kappa shape index (κ2) is 5.73. The molecule has 2 aromatic rings. The summed E-state index contributed by atoms with van der Waals surface area (Å²) in [7, 11) is 1.72. The molecule has 1 aromatic heterocycles. The Morgan fingerprint density at radius 1 is 1.30 bits per heavy atom. The van der Waals surface area contributed by atoms with Crippen molar-refractivity contribution in [2.24, 2.45) is 0 Å². The lowest BCUT2D eigenvalue weighted by Crippen LogP contribution is -2.33. The predicted octanol–water partition coefficient (Wildman–Crippen LogP) is 0.558. The van der Waals surface area contributed by atoms with Crippen LogP contribution in [0.1, 0.15) is 13.3 Å². The molecule has 0 saturated carbocycles. The number of aromatic nitrogens is 2. The third-order valence-electron chi connectivity index (χ3n) is 3.35. The molecule has 0 spiro atoms. The third-order valence-corrected chi connectivity index (χ3v) is 3.35. The summed E-state index contributed by atoms with van der Waals surface area (Å²) in [4.78, 5) is 39.3. The fourth-order valence-electron chi connectivity index (χ4n) is 2.04. The van der Waals surface area contributed by atoms with Crippen molar-refractivity contribution in [2.45, 2.75) is 19.9 Å². The lowest BCUT2D eigenvalue weighted by molar-refractivity contribution is -0.129. The maximum atomic E-state index is 11.9. The second-order valence-electron chi connectivity index (χ2n) is 4.59. The van der Waals surface area contributed by atoms with Gasteiger partial charge >= 0.3 is 5.69 Å². The SMILES string of the molecule is CCN(C)C(=O)CCn1c(=O)[nH]c(=O)c2ccccc21. The molecular formula is C14H17N3O3. The van der Waals surface area contributed by atoms with Crippen LogP contribution >= 0.6 is 0 Å². The highest BCUT2D eigenvalue weighted by molar-refractivity contribution is 5.78. The van der Waals surface area contributed by atoms with E-state index in [1.54, 1.807) is 36.2 Å². The smallest absolute Gasteiger partial charge is 0.328 e. The summed E-state index contributed by atoms with van der Waals surface area (Å²) in [5, 5.41) is 0.448. The Kier molecular flexibility index (Phi) is 4.02. The topological polar surface area (TPSA) is 75.2 Å². The van der Waals surface area contributed by atoms with E-state index in [1.807, 2.05) is 6.92 Å². The van der Waals surface area contributed by atoms with Gasteiger partial charge in [0, 0.05) is 26.6 Å². The van der Waals surface area contributed by atoms with Crippen molar-refractivity contribution in [3.63, 3.8) is 0 Å². The number of nitrogens with one attached hydrogen (secondary N) is 1. The highest BCUT2D eigenvalue weighted by Crippen LogP contribution is 2.07. The van der Waals surface area contributed by atoms with Gasteiger partial charge in [0.2, 0.25) is 5.91 Å². The van der Waals surface area contributed by atoms with Crippen LogP contribution in [0.15, 0.2) is 33.9 Å². The van der Waals surface area contributed by atoms with Gasteiger partial charge in [0.15, 0.2) is 0 Å². The number of hydrogen-bond donors (Lipinski definition) is 1. The minimum absolute atomic E-state index is 0.0327. The van der Waals surface area contributed by atoms with Gasteiger partial charge in [0.05, 0.1) is 10.9 Å². The summed E-state index contributed by atoms with van der Waals surface area (Å²) >= 11 is 0. The molecule has 1 aromatic carbocycles. The van der Waals surface area contributed by atoms with Crippen LogP contribution in [-0.4, -0.2) is 34.0 Å². The molecule has 2 rings (SSSR count). The molecule has 20 heavy (non-hydrogen) atoms. The number of carbonyl (C=O) groups is 1. The Balaban J connectivity index is 2.38. The quantitative estimate of drug-likeness (QED) is 0.885. The van der Waals surface area contributed by atoms with E-state index in [1.165, 1.54) is 4.57 Å². The van der Waals surface area contributed by atoms with Crippen LogP contribution in [0.3, 0.4) is 0 Å². The first kappa shape index (κ1) is 14.0. The number of para-hydroxylation sites is 1. The molecule has 0 unspecified atom stereocenters. The Morgan fingerprint density at radius 2 is 2.00 bits per heavy atom. The van der Waals surface area contributed by atoms with Crippen LogP contribution in [-0.2, 0) is 11.3 Å². The number of aromatic amines is 1. The minimum atomic E-state index is -0.486. The number of aryl methyl sites for hydroxylation is 1. The van der Waals surface area contributed by atoms with Gasteiger partial charge in [-0.3, -0.25) is 19.1 Å². The van der Waals surface area contributed by atoms with Crippen molar-refractivity contribution in [3.05, 3.63) is 45.1 Å². The average molecular weight is 275 g/mol. The van der Waals surface area contributed by atoms with E-state index in [9.17, 15) is 14.4 Å². The van der Waals surface area contributed by atoms with Crippen LogP contribution in [0, 0.1) is 0 Å². The Labute approximate surface area is 115 Å². The van der Waals surface area contributed by atoms with E-state index in [2.05, 4.69) is 4.98 Å². The highest BCUT2D eigenvalue weighted by atomic mass is 16.2. The molecule has 6 nitrogen and oxygen atoms in total. The highest BCUT2D eigenvalue weighted by Gasteiger charge is 2.10. The summed E-state index contributed by atoms with van der Waals surface area (Å²) in [5.41, 5.74) is -0.340. The Hall–Kier alpha value is -2.37. The lowest BCUT2D eigenvalue weighted by Gasteiger charge is -2.15. The Morgan fingerprint density at radius 3 is 2.70 bits per heavy atom. The first-order chi connectivity index (χ1) is 9.54. The zero-order valence-electron chi connectivity index (χ0n) is 11.5. The summed E-state index contributed by atoms with van der Waals surface area (Å²) in [6.07, 6.45) is 0.223. The van der Waals surface area contributed by atoms with E-state index in [0.717, 1.165) is 0 Å². The van der Waals surface area contributed by atoms with Gasteiger partial charge < -0.3 is 4.90 Å². The normalized spacial score (nSPS) is 10.7. The molecule has 6 heteroatoms. The standard InChI is InChI=1S/C14H17N3O3/c1-3-16(2)12(18)8-9-17-11-7-5-4-6-10(11)13(19)15-14(17)20/h4-7H,3,8-9H2,1-2H3,(H,15,19,20). The summed E-state index contributed by atoms with van der Waals surface area (Å²) < 4.78 is 1.43. The van der Waals surface area contributed by atoms with Gasteiger partial charge in [-0.15, -0.1) is 0 Å². The zero-order chi connectivity index (χ0) is 14.7. The number of hydrogen-bond acceptors (Lipinski definition) is 3. The van der Waals surface area contributed by atoms with Crippen molar-refractivity contribution in [2.75, 3.05) is 13.6 Å². The van der Waals surface area contributed by atoms with E-state index in [0.29, 0.717) is 17.4 Å². The number of nitrogens with zero attached hydrogens (tertiary/aromatic N) is 2. The average Bonchev–Trinajstić information content (AvgIpc) is 2.45. The van der Waals surface area contributed by atoms with Crippen molar-refractivity contribution in [1.82, 2.24) is 14.5 Å². The molecule has 1 N–H and O–H groups in total. The van der Waals surface area contributed by atoms with Crippen molar-refractivity contribution in [3.8, 4) is 0 Å². The number of fused-ring (bicyclic) bond motifs is 1. The first-order valence-corrected chi connectivity index (χ1v) is 6.50. The number of carbonyl (C=O) groups excluding carboxylic acids is 1. The molecule has 0 radical (unpaired) electrons. The van der Waals surface area contributed by atoms with E-state index in [-0.39, 0.29) is 18.9 Å². The molecule has 0 aliphatic heterocycles. The largest absolute Gasteiger partial charge is 0.346 e. The molecule has 0 bridgehead atoms. The molecule has 0 atom stereocenters. The van der Waals surface area contributed by atoms with Crippen LogP contribution < -0.4 is 11.2 Å². The van der Waals surface area contributed by atoms with Crippen molar-refractivity contribution in [1.29, 1.82) is 0 Å². The molecule has 0 aliphatic carbocycles. The summed E-state index contributed by atoms with van der Waals surface area (Å²) in [6.45, 7) is 2.76. The monoisotopic (exact) mass is 275 g/mol. The van der Waals surface area contributed by atoms with Crippen molar-refractivity contribution >= 4 is 16.8 Å². The molecule has 106 valence electrons. The number of H-pyrrole nitrogens is 1. The maximum Gasteiger partial charge on any atom is 0.328 e. The van der Waals surface area contributed by atoms with Crippen LogP contribution in [0.5, 0.6) is 0 Å². The fraction of sp³-hybridized carbons (Fsp3) is 0.357. The van der Waals surface area contributed by atoms with Crippen LogP contribution in [0.2, 0.25) is 0 Å². The third kappa shape index (κ3) is 2.64. The maximum absolute atomic E-state index is 11.9.